The minimum Gasteiger partial charge on any atom is -0.465 e. The molecule has 1 amide bonds. The van der Waals surface area contributed by atoms with Gasteiger partial charge >= 0.3 is 18.0 Å². The van der Waals surface area contributed by atoms with E-state index in [4.69, 9.17) is 4.42 Å². The molecule has 2 heterocycles. The van der Waals surface area contributed by atoms with Crippen LogP contribution in [-0.4, -0.2) is 53.7 Å². The number of ether oxygens (including phenoxy) is 1. The van der Waals surface area contributed by atoms with Crippen molar-refractivity contribution in [2.24, 2.45) is 0 Å². The summed E-state index contributed by atoms with van der Waals surface area (Å²) >= 11 is 0. The van der Waals surface area contributed by atoms with E-state index in [2.05, 4.69) is 20.3 Å². The van der Waals surface area contributed by atoms with E-state index in [1.807, 2.05) is 4.90 Å². The quantitative estimate of drug-likeness (QED) is 0.754. The first-order valence-electron chi connectivity index (χ1n) is 8.87. The number of hydrogen-bond donors (Lipinski definition) is 1. The lowest BCUT2D eigenvalue weighted by Crippen LogP contribution is -2.38. The van der Waals surface area contributed by atoms with Crippen molar-refractivity contribution in [3.05, 3.63) is 41.6 Å². The molecule has 0 spiro atoms. The Labute approximate surface area is 164 Å². The molecule has 0 bridgehead atoms. The van der Waals surface area contributed by atoms with Crippen molar-refractivity contribution in [2.45, 2.75) is 24.9 Å². The summed E-state index contributed by atoms with van der Waals surface area (Å²) in [6, 6.07) is 6.30. The zero-order valence-electron chi connectivity index (χ0n) is 15.5. The molecule has 1 fully saturated rings. The molecule has 1 aromatic carbocycles. The number of nitrogens with one attached hydrogen (secondary N) is 1. The van der Waals surface area contributed by atoms with E-state index in [-0.39, 0.29) is 24.3 Å². The third-order valence-electron chi connectivity index (χ3n) is 4.58. The second-order valence-electron chi connectivity index (χ2n) is 6.61. The molecule has 0 atom stereocenters. The zero-order chi connectivity index (χ0) is 21.0. The predicted octanol–water partition coefficient (Wildman–Crippen LogP) is 2.69. The van der Waals surface area contributed by atoms with Crippen molar-refractivity contribution in [3.8, 4) is 0 Å². The molecule has 2 aromatic rings. The van der Waals surface area contributed by atoms with Crippen LogP contribution in [0.3, 0.4) is 0 Å². The highest BCUT2D eigenvalue weighted by Gasteiger charge is 2.39. The number of hydrogen-bond acceptors (Lipinski definition) is 7. The molecule has 0 radical (unpaired) electrons. The summed E-state index contributed by atoms with van der Waals surface area (Å²) < 4.78 is 47.0. The number of methoxy groups -OCH3 is 1. The molecule has 1 aromatic heterocycles. The summed E-state index contributed by atoms with van der Waals surface area (Å²) in [4.78, 5) is 25.5. The highest BCUT2D eigenvalue weighted by atomic mass is 19.4. The van der Waals surface area contributed by atoms with Gasteiger partial charge in [-0.1, -0.05) is 0 Å². The smallest absolute Gasteiger partial charge is 0.465 e. The maximum atomic E-state index is 12.6. The molecule has 156 valence electrons. The lowest BCUT2D eigenvalue weighted by molar-refractivity contribution is -0.157. The number of piperidine rings is 1. The van der Waals surface area contributed by atoms with Crippen LogP contribution in [0.4, 0.5) is 18.9 Å². The van der Waals surface area contributed by atoms with Crippen LogP contribution in [0.1, 0.15) is 40.9 Å². The van der Waals surface area contributed by atoms with Gasteiger partial charge in [0.25, 0.3) is 0 Å². The number of benzene rings is 1. The van der Waals surface area contributed by atoms with E-state index >= 15 is 0 Å². The zero-order valence-corrected chi connectivity index (χ0v) is 15.5. The lowest BCUT2D eigenvalue weighted by Gasteiger charge is -2.29. The molecule has 0 saturated carbocycles. The molecule has 0 unspecified atom stereocenters. The van der Waals surface area contributed by atoms with Crippen molar-refractivity contribution in [3.63, 3.8) is 0 Å². The van der Waals surface area contributed by atoms with Gasteiger partial charge in [0.1, 0.15) is 0 Å². The van der Waals surface area contributed by atoms with Crippen molar-refractivity contribution in [1.29, 1.82) is 0 Å². The Morgan fingerprint density at radius 2 is 1.86 bits per heavy atom. The van der Waals surface area contributed by atoms with Crippen LogP contribution in [0.2, 0.25) is 0 Å². The van der Waals surface area contributed by atoms with Crippen LogP contribution in [0, 0.1) is 0 Å². The van der Waals surface area contributed by atoms with Gasteiger partial charge in [-0.15, -0.1) is 10.2 Å². The van der Waals surface area contributed by atoms with Gasteiger partial charge in [-0.25, -0.2) is 4.79 Å². The van der Waals surface area contributed by atoms with Crippen LogP contribution in [-0.2, 0) is 15.7 Å². The summed E-state index contributed by atoms with van der Waals surface area (Å²) in [6.07, 6.45) is -3.62. The third kappa shape index (κ3) is 5.31. The number of rotatable bonds is 5. The van der Waals surface area contributed by atoms with E-state index in [9.17, 15) is 22.8 Å². The Morgan fingerprint density at radius 3 is 2.41 bits per heavy atom. The second-order valence-corrected chi connectivity index (χ2v) is 6.61. The first-order chi connectivity index (χ1) is 13.8. The van der Waals surface area contributed by atoms with Gasteiger partial charge in [0.15, 0.2) is 0 Å². The Kier molecular flexibility index (Phi) is 6.16. The minimum absolute atomic E-state index is 0.0212. The van der Waals surface area contributed by atoms with Gasteiger partial charge < -0.3 is 14.5 Å². The molecule has 1 aliphatic rings. The number of amides is 1. The third-order valence-corrected chi connectivity index (χ3v) is 4.58. The van der Waals surface area contributed by atoms with Gasteiger partial charge in [0.05, 0.1) is 19.2 Å². The number of esters is 1. The molecule has 8 nitrogen and oxygen atoms in total. The first kappa shape index (κ1) is 20.8. The van der Waals surface area contributed by atoms with Crippen LogP contribution in [0.25, 0.3) is 0 Å². The first-order valence-corrected chi connectivity index (χ1v) is 8.87. The van der Waals surface area contributed by atoms with Crippen LogP contribution >= 0.6 is 0 Å². The van der Waals surface area contributed by atoms with Gasteiger partial charge in [0.2, 0.25) is 11.8 Å². The summed E-state index contributed by atoms with van der Waals surface area (Å²) in [5, 5.41) is 9.30. The molecule has 1 saturated heterocycles. The van der Waals surface area contributed by atoms with Crippen molar-refractivity contribution >= 4 is 17.6 Å². The molecule has 3 rings (SSSR count). The standard InChI is InChI=1S/C18H19F3N4O4/c1-28-16(27)12-2-4-13(5-3-12)22-14(26)10-25-8-6-11(7-9-25)15-23-24-17(29-15)18(19,20)21/h2-5,11H,6-10H2,1H3,(H,22,26). The highest BCUT2D eigenvalue weighted by Crippen LogP contribution is 2.32. The van der Waals surface area contributed by atoms with E-state index < -0.39 is 18.0 Å². The SMILES string of the molecule is COC(=O)c1ccc(NC(=O)CN2CCC(c3nnc(C(F)(F)F)o3)CC2)cc1. The van der Waals surface area contributed by atoms with Gasteiger partial charge in [-0.05, 0) is 50.2 Å². The molecule has 0 aliphatic carbocycles. The summed E-state index contributed by atoms with van der Waals surface area (Å²) in [5.74, 6) is -2.32. The topological polar surface area (TPSA) is 97.6 Å². The number of carbonyl (C=O) groups excluding carboxylic acids is 2. The minimum atomic E-state index is -4.65. The Bertz CT molecular complexity index is 859. The van der Waals surface area contributed by atoms with Gasteiger partial charge in [-0.2, -0.15) is 13.2 Å². The van der Waals surface area contributed by atoms with E-state index in [0.29, 0.717) is 37.2 Å². The average molecular weight is 412 g/mol. The van der Waals surface area contributed by atoms with Crippen molar-refractivity contribution < 1.29 is 31.9 Å². The fourth-order valence-electron chi connectivity index (χ4n) is 3.06. The molecule has 1 N–H and O–H groups in total. The predicted molar refractivity (Wildman–Crippen MR) is 94.1 cm³/mol. The number of halogens is 3. The van der Waals surface area contributed by atoms with E-state index in [1.165, 1.54) is 7.11 Å². The summed E-state index contributed by atoms with van der Waals surface area (Å²) in [7, 11) is 1.29. The second kappa shape index (κ2) is 8.60. The monoisotopic (exact) mass is 412 g/mol. The Balaban J connectivity index is 1.47. The Morgan fingerprint density at radius 1 is 1.21 bits per heavy atom. The number of alkyl halides is 3. The number of likely N-dealkylation sites (tertiary alicyclic amines) is 1. The largest absolute Gasteiger partial charge is 0.470 e. The van der Waals surface area contributed by atoms with Crippen LogP contribution < -0.4 is 5.32 Å². The molecule has 29 heavy (non-hydrogen) atoms. The van der Waals surface area contributed by atoms with Gasteiger partial charge in [0, 0.05) is 11.6 Å². The number of carbonyl (C=O) groups is 2. The maximum Gasteiger partial charge on any atom is 0.470 e. The van der Waals surface area contributed by atoms with Crippen molar-refractivity contribution in [2.75, 3.05) is 32.1 Å². The highest BCUT2D eigenvalue weighted by molar-refractivity contribution is 5.93. The Hall–Kier alpha value is -2.95. The number of aromatic nitrogens is 2. The molecule has 1 aliphatic heterocycles. The summed E-state index contributed by atoms with van der Waals surface area (Å²) in [5.41, 5.74) is 0.922. The van der Waals surface area contributed by atoms with E-state index in [0.717, 1.165) is 0 Å². The van der Waals surface area contributed by atoms with Crippen LogP contribution in [0.15, 0.2) is 28.7 Å². The van der Waals surface area contributed by atoms with Gasteiger partial charge in [-0.3, -0.25) is 9.69 Å². The fraction of sp³-hybridized carbons (Fsp3) is 0.444. The number of nitrogens with zero attached hydrogens (tertiary/aromatic N) is 3. The molecular formula is C18H19F3N4O4. The number of anilines is 1. The maximum absolute atomic E-state index is 12.6. The molecular weight excluding hydrogens is 393 g/mol. The van der Waals surface area contributed by atoms with E-state index in [1.54, 1.807) is 24.3 Å². The normalized spacial score (nSPS) is 15.9. The van der Waals surface area contributed by atoms with Crippen LogP contribution in [0.5, 0.6) is 0 Å². The fourth-order valence-corrected chi connectivity index (χ4v) is 3.06. The summed E-state index contributed by atoms with van der Waals surface area (Å²) in [6.45, 7) is 1.18. The van der Waals surface area contributed by atoms with Crippen molar-refractivity contribution in [1.82, 2.24) is 15.1 Å². The lowest BCUT2D eigenvalue weighted by atomic mass is 9.97. The molecule has 11 heteroatoms. The average Bonchev–Trinajstić information content (AvgIpc) is 3.19.